The molecule has 3 rings (SSSR count). The molecule has 1 atom stereocenters. The molecule has 7 nitrogen and oxygen atoms in total. The Morgan fingerprint density at radius 1 is 1.35 bits per heavy atom. The van der Waals surface area contributed by atoms with Gasteiger partial charge >= 0.3 is 0 Å². The van der Waals surface area contributed by atoms with Crippen molar-refractivity contribution in [3.8, 4) is 0 Å². The lowest BCUT2D eigenvalue weighted by Gasteiger charge is -2.38. The fourth-order valence-corrected chi connectivity index (χ4v) is 4.59. The molecule has 142 valence electrons. The summed E-state index contributed by atoms with van der Waals surface area (Å²) in [5, 5.41) is 16.7. The van der Waals surface area contributed by atoms with E-state index >= 15 is 0 Å². The first-order valence-corrected chi connectivity index (χ1v) is 11.9. The molecule has 1 aliphatic rings. The second-order valence-corrected chi connectivity index (χ2v) is 13.4. The highest BCUT2D eigenvalue weighted by Gasteiger charge is 2.41. The zero-order chi connectivity index (χ0) is 19.3. The maximum Gasteiger partial charge on any atom is 0.293 e. The first-order chi connectivity index (χ1) is 12.0. The van der Waals surface area contributed by atoms with Gasteiger partial charge in [0.05, 0.1) is 22.7 Å². The van der Waals surface area contributed by atoms with Crippen molar-refractivity contribution in [3.63, 3.8) is 0 Å². The normalized spacial score (nSPS) is 18.7. The fourth-order valence-electron chi connectivity index (χ4n) is 3.21. The Balaban J connectivity index is 1.87. The van der Waals surface area contributed by atoms with Crippen molar-refractivity contribution in [1.82, 2.24) is 9.78 Å². The summed E-state index contributed by atoms with van der Waals surface area (Å²) in [6.45, 7) is 12.6. The van der Waals surface area contributed by atoms with Crippen molar-refractivity contribution in [2.45, 2.75) is 51.4 Å². The van der Waals surface area contributed by atoms with Crippen molar-refractivity contribution >= 4 is 30.6 Å². The van der Waals surface area contributed by atoms with Crippen LogP contribution in [0.4, 0.5) is 11.4 Å². The van der Waals surface area contributed by atoms with Crippen LogP contribution in [0.2, 0.25) is 18.1 Å². The average molecular weight is 377 g/mol. The van der Waals surface area contributed by atoms with E-state index in [4.69, 9.17) is 4.43 Å². The summed E-state index contributed by atoms with van der Waals surface area (Å²) in [6, 6.07) is 3.51. The molecule has 0 saturated carbocycles. The monoisotopic (exact) mass is 376 g/mol. The van der Waals surface area contributed by atoms with Crippen LogP contribution in [0, 0.1) is 10.1 Å². The van der Waals surface area contributed by atoms with Crippen LogP contribution in [0.15, 0.2) is 18.3 Å². The number of aromatic nitrogens is 2. The van der Waals surface area contributed by atoms with Gasteiger partial charge in [-0.15, -0.1) is 0 Å². The number of fused-ring (bicyclic) bond motifs is 1. The minimum absolute atomic E-state index is 0.123. The Bertz CT molecular complexity index is 841. The second-order valence-electron chi connectivity index (χ2n) is 8.66. The summed E-state index contributed by atoms with van der Waals surface area (Å²) in [4.78, 5) is 13.4. The molecule has 1 aromatic heterocycles. The molecule has 0 bridgehead atoms. The van der Waals surface area contributed by atoms with E-state index in [9.17, 15) is 10.1 Å². The van der Waals surface area contributed by atoms with E-state index in [-0.39, 0.29) is 21.8 Å². The van der Waals surface area contributed by atoms with Crippen LogP contribution in [-0.4, -0.2) is 42.2 Å². The van der Waals surface area contributed by atoms with E-state index in [2.05, 4.69) is 43.9 Å². The molecule has 0 aliphatic carbocycles. The highest BCUT2D eigenvalue weighted by Crippen LogP contribution is 2.40. The molecule has 0 spiro atoms. The molecule has 1 saturated heterocycles. The molecule has 0 N–H and O–H groups in total. The van der Waals surface area contributed by atoms with Gasteiger partial charge in [-0.25, -0.2) is 0 Å². The number of anilines is 1. The summed E-state index contributed by atoms with van der Waals surface area (Å²) in [5.41, 5.74) is 1.70. The molecular formula is C18H28N4O3Si. The number of nitro benzene ring substituents is 1. The van der Waals surface area contributed by atoms with Gasteiger partial charge < -0.3 is 9.33 Å². The summed E-state index contributed by atoms with van der Waals surface area (Å²) in [5.74, 6) is 0. The third-order valence-electron chi connectivity index (χ3n) is 5.79. The van der Waals surface area contributed by atoms with Crippen LogP contribution in [0.1, 0.15) is 27.2 Å². The fraction of sp³-hybridized carbons (Fsp3) is 0.611. The van der Waals surface area contributed by atoms with E-state index in [1.165, 1.54) is 0 Å². The lowest BCUT2D eigenvalue weighted by atomic mass is 10.2. The van der Waals surface area contributed by atoms with E-state index in [0.29, 0.717) is 12.2 Å². The molecule has 0 radical (unpaired) electrons. The Hall–Kier alpha value is -1.93. The molecule has 26 heavy (non-hydrogen) atoms. The van der Waals surface area contributed by atoms with Crippen LogP contribution < -0.4 is 4.90 Å². The van der Waals surface area contributed by atoms with Gasteiger partial charge in [0.15, 0.2) is 8.32 Å². The van der Waals surface area contributed by atoms with Gasteiger partial charge in [-0.1, -0.05) is 20.8 Å². The summed E-state index contributed by atoms with van der Waals surface area (Å²) in [7, 11) is 0.0000906. The second kappa shape index (κ2) is 6.35. The maximum atomic E-state index is 11.6. The first kappa shape index (κ1) is 18.8. The standard InChI is InChI=1S/C18H28N4O3Si/c1-18(2,3)26(5,6)25-14-7-8-21(12-14)16-10-15-13(11-19-20(15)4)9-17(16)22(23)24/h9-11,14H,7-8,12H2,1-6H3/t14-/m0/s1. The summed E-state index contributed by atoms with van der Waals surface area (Å²) in [6.07, 6.45) is 2.68. The predicted octanol–water partition coefficient (Wildman–Crippen LogP) is 4.08. The molecule has 2 aromatic rings. The molecule has 0 unspecified atom stereocenters. The van der Waals surface area contributed by atoms with Crippen LogP contribution >= 0.6 is 0 Å². The van der Waals surface area contributed by atoms with Gasteiger partial charge in [-0.3, -0.25) is 14.8 Å². The number of aryl methyl sites for hydroxylation is 1. The van der Waals surface area contributed by atoms with Crippen molar-refractivity contribution in [1.29, 1.82) is 0 Å². The smallest absolute Gasteiger partial charge is 0.293 e. The third kappa shape index (κ3) is 3.35. The number of hydrogen-bond acceptors (Lipinski definition) is 5. The van der Waals surface area contributed by atoms with Crippen molar-refractivity contribution in [2.75, 3.05) is 18.0 Å². The molecule has 1 aromatic carbocycles. The van der Waals surface area contributed by atoms with Crippen molar-refractivity contribution < 1.29 is 9.35 Å². The van der Waals surface area contributed by atoms with Crippen LogP contribution in [0.25, 0.3) is 10.9 Å². The van der Waals surface area contributed by atoms with Gasteiger partial charge in [-0.05, 0) is 30.6 Å². The van der Waals surface area contributed by atoms with Gasteiger partial charge in [0.2, 0.25) is 0 Å². The molecule has 8 heteroatoms. The minimum Gasteiger partial charge on any atom is -0.412 e. The molecular weight excluding hydrogens is 348 g/mol. The zero-order valence-electron chi connectivity index (χ0n) is 16.4. The number of nitro groups is 1. The van der Waals surface area contributed by atoms with Crippen molar-refractivity contribution in [2.24, 2.45) is 7.05 Å². The predicted molar refractivity (Wildman–Crippen MR) is 106 cm³/mol. The maximum absolute atomic E-state index is 11.6. The van der Waals surface area contributed by atoms with Crippen LogP contribution in [0.5, 0.6) is 0 Å². The number of benzene rings is 1. The van der Waals surface area contributed by atoms with E-state index in [0.717, 1.165) is 23.9 Å². The average Bonchev–Trinajstić information content (AvgIpc) is 3.11. The largest absolute Gasteiger partial charge is 0.412 e. The van der Waals surface area contributed by atoms with Crippen LogP contribution in [-0.2, 0) is 11.5 Å². The summed E-state index contributed by atoms with van der Waals surface area (Å²) >= 11 is 0. The highest BCUT2D eigenvalue weighted by molar-refractivity contribution is 6.74. The van der Waals surface area contributed by atoms with Gasteiger partial charge in [0.25, 0.3) is 5.69 Å². The first-order valence-electron chi connectivity index (χ1n) is 9.02. The Kier molecular flexibility index (Phi) is 4.60. The lowest BCUT2D eigenvalue weighted by Crippen LogP contribution is -2.44. The third-order valence-corrected chi connectivity index (χ3v) is 10.3. The Labute approximate surface area is 155 Å². The minimum atomic E-state index is -1.85. The van der Waals surface area contributed by atoms with Gasteiger partial charge in [0.1, 0.15) is 5.69 Å². The van der Waals surface area contributed by atoms with Crippen molar-refractivity contribution in [3.05, 3.63) is 28.4 Å². The molecule has 0 amide bonds. The van der Waals surface area contributed by atoms with E-state index < -0.39 is 8.32 Å². The highest BCUT2D eigenvalue weighted by atomic mass is 28.4. The Morgan fingerprint density at radius 2 is 2.04 bits per heavy atom. The van der Waals surface area contributed by atoms with E-state index in [1.54, 1.807) is 16.9 Å². The topological polar surface area (TPSA) is 73.4 Å². The molecule has 1 aliphatic heterocycles. The van der Waals surface area contributed by atoms with Gasteiger partial charge in [-0.2, -0.15) is 5.10 Å². The number of rotatable bonds is 4. The zero-order valence-corrected chi connectivity index (χ0v) is 17.4. The quantitative estimate of drug-likeness (QED) is 0.457. The Morgan fingerprint density at radius 3 is 2.65 bits per heavy atom. The SMILES string of the molecule is Cn1ncc2cc([N+](=O)[O-])c(N3CC[C@H](O[Si](C)(C)C(C)(C)C)C3)cc21. The summed E-state index contributed by atoms with van der Waals surface area (Å²) < 4.78 is 8.27. The number of nitrogens with zero attached hydrogens (tertiary/aromatic N) is 4. The molecule has 2 heterocycles. The molecule has 1 fully saturated rings. The van der Waals surface area contributed by atoms with E-state index in [1.807, 2.05) is 13.1 Å². The number of hydrogen-bond donors (Lipinski definition) is 0. The van der Waals surface area contributed by atoms with Crippen LogP contribution in [0.3, 0.4) is 0 Å². The lowest BCUT2D eigenvalue weighted by molar-refractivity contribution is -0.384. The van der Waals surface area contributed by atoms with Gasteiger partial charge in [0, 0.05) is 31.6 Å².